The first-order chi connectivity index (χ1) is 27.2. The fourth-order valence-corrected chi connectivity index (χ4v) is 3.06. The lowest BCUT2D eigenvalue weighted by atomic mass is 9.81. The van der Waals surface area contributed by atoms with Crippen molar-refractivity contribution >= 4 is 5.78 Å². The molecule has 246 valence electrons. The SMILES string of the molecule is CC#CC#CC#CC#CC#CC#CC#CC#CC#CC#CC#CC#CC#CC#CC#CC#CC#CC#CC#CC#CC#CC.CC(=O)C1CCC(CO)CC1. The Morgan fingerprint density at radius 1 is 0.345 bits per heavy atom. The Morgan fingerprint density at radius 3 is 0.636 bits per heavy atom. The topological polar surface area (TPSA) is 37.3 Å². The van der Waals surface area contributed by atoms with E-state index in [1.165, 1.54) is 0 Å². The van der Waals surface area contributed by atoms with E-state index in [-0.39, 0.29) is 5.92 Å². The number of Topliss-reactive ketones (excluding diaryl/α,β-unsaturated/α-hetero) is 1. The third kappa shape index (κ3) is 35.5. The van der Waals surface area contributed by atoms with Crippen molar-refractivity contribution in [3.8, 4) is 249 Å². The van der Waals surface area contributed by atoms with Crippen LogP contribution in [0.25, 0.3) is 0 Å². The minimum absolute atomic E-state index is 0.290. The molecule has 2 nitrogen and oxygen atoms in total. The lowest BCUT2D eigenvalue weighted by Crippen LogP contribution is -2.21. The van der Waals surface area contributed by atoms with Gasteiger partial charge in [-0.15, -0.1) is 0 Å². The number of rotatable bonds is 2. The van der Waals surface area contributed by atoms with Gasteiger partial charge in [-0.05, 0) is 147 Å². The average molecular weight is 691 g/mol. The molecule has 1 saturated carbocycles. The Labute approximate surface area is 328 Å². The van der Waals surface area contributed by atoms with Gasteiger partial charge in [0.05, 0.1) is 0 Å². The van der Waals surface area contributed by atoms with Gasteiger partial charge in [0, 0.05) is 155 Å². The Kier molecular flexibility index (Phi) is 32.0. The molecule has 0 spiro atoms. The predicted octanol–water partition coefficient (Wildman–Crippen LogP) is 2.47. The molecular weight excluding hydrogens is 669 g/mol. The minimum Gasteiger partial charge on any atom is -0.396 e. The Morgan fingerprint density at radius 2 is 0.509 bits per heavy atom. The first kappa shape index (κ1) is 45.4. The summed E-state index contributed by atoms with van der Waals surface area (Å²) in [6.07, 6.45) is 4.03. The van der Waals surface area contributed by atoms with Gasteiger partial charge in [0.2, 0.25) is 0 Å². The number of hydrogen-bond donors (Lipinski definition) is 1. The van der Waals surface area contributed by atoms with E-state index >= 15 is 0 Å². The summed E-state index contributed by atoms with van der Waals surface area (Å²) >= 11 is 0. The average Bonchev–Trinajstić information content (AvgIpc) is 3.20. The van der Waals surface area contributed by atoms with Crippen LogP contribution in [0.3, 0.4) is 0 Å². The lowest BCUT2D eigenvalue weighted by Gasteiger charge is -2.25. The molecule has 1 aliphatic carbocycles. The molecular formula is C53H22O2. The predicted molar refractivity (Wildman–Crippen MR) is 218 cm³/mol. The van der Waals surface area contributed by atoms with E-state index in [1.807, 2.05) is 0 Å². The largest absolute Gasteiger partial charge is 0.396 e. The highest BCUT2D eigenvalue weighted by Crippen LogP contribution is 2.28. The molecule has 1 fully saturated rings. The smallest absolute Gasteiger partial charge is 0.132 e. The van der Waals surface area contributed by atoms with Crippen LogP contribution in [-0.4, -0.2) is 17.5 Å². The summed E-state index contributed by atoms with van der Waals surface area (Å²) < 4.78 is 0. The number of aliphatic hydroxyl groups excluding tert-OH is 1. The van der Waals surface area contributed by atoms with E-state index in [0.717, 1.165) is 25.7 Å². The Hall–Kier alpha value is -9.61. The second-order valence-corrected chi connectivity index (χ2v) is 9.01. The van der Waals surface area contributed by atoms with Crippen molar-refractivity contribution in [2.24, 2.45) is 11.8 Å². The van der Waals surface area contributed by atoms with Crippen LogP contribution in [0.5, 0.6) is 0 Å². The molecule has 1 N–H and O–H groups in total. The van der Waals surface area contributed by atoms with Gasteiger partial charge in [-0.3, -0.25) is 4.79 Å². The molecule has 0 saturated heterocycles. The van der Waals surface area contributed by atoms with Crippen LogP contribution in [0, 0.1) is 260 Å². The van der Waals surface area contributed by atoms with E-state index in [0.29, 0.717) is 18.3 Å². The van der Waals surface area contributed by atoms with Crippen LogP contribution in [0.15, 0.2) is 0 Å². The van der Waals surface area contributed by atoms with Crippen LogP contribution < -0.4 is 0 Å². The van der Waals surface area contributed by atoms with Gasteiger partial charge in [-0.1, -0.05) is 11.8 Å². The molecule has 55 heavy (non-hydrogen) atoms. The highest BCUT2D eigenvalue weighted by Gasteiger charge is 2.22. The van der Waals surface area contributed by atoms with Gasteiger partial charge < -0.3 is 5.11 Å². The zero-order valence-corrected chi connectivity index (χ0v) is 30.0. The van der Waals surface area contributed by atoms with Crippen molar-refractivity contribution in [2.75, 3.05) is 6.61 Å². The maximum absolute atomic E-state index is 10.9. The summed E-state index contributed by atoms with van der Waals surface area (Å²) in [5, 5.41) is 8.83. The molecule has 0 aromatic heterocycles. The van der Waals surface area contributed by atoms with Crippen LogP contribution in [0.1, 0.15) is 46.5 Å². The van der Waals surface area contributed by atoms with Gasteiger partial charge in [0.1, 0.15) is 5.78 Å². The zero-order valence-electron chi connectivity index (χ0n) is 30.0. The molecule has 0 unspecified atom stereocenters. The summed E-state index contributed by atoms with van der Waals surface area (Å²) in [6, 6.07) is 0. The van der Waals surface area contributed by atoms with Crippen LogP contribution >= 0.6 is 0 Å². The number of aliphatic hydroxyl groups is 1. The third-order valence-electron chi connectivity index (χ3n) is 5.37. The molecule has 0 aromatic rings. The van der Waals surface area contributed by atoms with E-state index in [4.69, 9.17) is 5.11 Å². The first-order valence-electron chi connectivity index (χ1n) is 15.6. The number of hydrogen-bond acceptors (Lipinski definition) is 2. The normalized spacial score (nSPS) is 9.53. The maximum atomic E-state index is 10.9. The van der Waals surface area contributed by atoms with Crippen LogP contribution in [-0.2, 0) is 4.79 Å². The van der Waals surface area contributed by atoms with Gasteiger partial charge >= 0.3 is 0 Å². The maximum Gasteiger partial charge on any atom is 0.132 e. The van der Waals surface area contributed by atoms with E-state index in [9.17, 15) is 4.79 Å². The van der Waals surface area contributed by atoms with Gasteiger partial charge in [0.25, 0.3) is 0 Å². The van der Waals surface area contributed by atoms with Gasteiger partial charge in [-0.2, -0.15) is 0 Å². The van der Waals surface area contributed by atoms with Gasteiger partial charge in [-0.25, -0.2) is 0 Å². The first-order valence-corrected chi connectivity index (χ1v) is 15.6. The molecule has 0 aromatic carbocycles. The van der Waals surface area contributed by atoms with Crippen LogP contribution in [0.4, 0.5) is 0 Å². The molecule has 1 rings (SSSR count). The van der Waals surface area contributed by atoms with E-state index in [2.05, 4.69) is 249 Å². The molecule has 2 heteroatoms. The monoisotopic (exact) mass is 690 g/mol. The minimum atomic E-state index is 0.290. The molecule has 0 bridgehead atoms. The molecule has 0 aliphatic heterocycles. The lowest BCUT2D eigenvalue weighted by molar-refractivity contribution is -0.122. The van der Waals surface area contributed by atoms with E-state index in [1.54, 1.807) is 20.8 Å². The summed E-state index contributed by atoms with van der Waals surface area (Å²) in [5.41, 5.74) is 0. The Balaban J connectivity index is 0.00000225. The second kappa shape index (κ2) is 38.8. The summed E-state index contributed by atoms with van der Waals surface area (Å²) in [7, 11) is 0. The summed E-state index contributed by atoms with van der Waals surface area (Å²) in [6.45, 7) is 5.34. The Bertz CT molecular complexity index is 2680. The van der Waals surface area contributed by atoms with Crippen molar-refractivity contribution in [2.45, 2.75) is 46.5 Å². The van der Waals surface area contributed by atoms with Gasteiger partial charge in [0.15, 0.2) is 0 Å². The molecule has 0 amide bonds. The van der Waals surface area contributed by atoms with E-state index < -0.39 is 0 Å². The van der Waals surface area contributed by atoms with Crippen molar-refractivity contribution in [1.82, 2.24) is 0 Å². The van der Waals surface area contributed by atoms with Crippen molar-refractivity contribution in [3.05, 3.63) is 0 Å². The summed E-state index contributed by atoms with van der Waals surface area (Å²) in [5.74, 6) is 107. The van der Waals surface area contributed by atoms with Crippen LogP contribution in [0.2, 0.25) is 0 Å². The van der Waals surface area contributed by atoms with Crippen molar-refractivity contribution in [1.29, 1.82) is 0 Å². The van der Waals surface area contributed by atoms with Crippen molar-refractivity contribution < 1.29 is 9.90 Å². The zero-order chi connectivity index (χ0) is 40.0. The number of carbonyl (C=O) groups excluding carboxylic acids is 1. The number of ketones is 1. The van der Waals surface area contributed by atoms with Crippen molar-refractivity contribution in [3.63, 3.8) is 0 Å². The summed E-state index contributed by atoms with van der Waals surface area (Å²) in [4.78, 5) is 10.9. The molecule has 0 atom stereocenters. The number of carbonyl (C=O) groups is 1. The molecule has 0 heterocycles. The third-order valence-corrected chi connectivity index (χ3v) is 5.37. The fourth-order valence-electron chi connectivity index (χ4n) is 3.06. The highest BCUT2D eigenvalue weighted by molar-refractivity contribution is 5.78. The fraction of sp³-hybridized carbons (Fsp3) is 0.189. The second-order valence-electron chi connectivity index (χ2n) is 9.01. The molecule has 0 radical (unpaired) electrons. The molecule has 1 aliphatic rings. The standard InChI is InChI=1S/C44H6.C9H16O2/c1-3-5-7-9-11-13-15-17-19-21-23-25-27-29-31-33-35-37-39-41-43-44-42-40-38-36-34-32-30-28-26-24-22-20-18-16-14-12-10-8-6-4-2;1-7(11)9-4-2-8(6-10)3-5-9/h1-2H3;8-10H,2-6H2,1H3. The quantitative estimate of drug-likeness (QED) is 0.453. The highest BCUT2D eigenvalue weighted by atomic mass is 16.3.